The first-order valence-corrected chi connectivity index (χ1v) is 8.13. The van der Waals surface area contributed by atoms with Crippen LogP contribution in [0.3, 0.4) is 0 Å². The van der Waals surface area contributed by atoms with Crippen molar-refractivity contribution in [2.75, 3.05) is 23.3 Å². The molecule has 1 aliphatic heterocycles. The van der Waals surface area contributed by atoms with Crippen molar-refractivity contribution in [2.24, 2.45) is 0 Å². The molecule has 1 N–H and O–H groups in total. The Morgan fingerprint density at radius 3 is 2.71 bits per heavy atom. The highest BCUT2D eigenvalue weighted by Crippen LogP contribution is 2.25. The lowest BCUT2D eigenvalue weighted by molar-refractivity contribution is 0.523. The highest BCUT2D eigenvalue weighted by atomic mass is 79.9. The second kappa shape index (κ2) is 6.62. The minimum atomic E-state index is 0.458. The minimum Gasteiger partial charge on any atom is -0.381 e. The van der Waals surface area contributed by atoms with Gasteiger partial charge in [0, 0.05) is 25.3 Å². The molecule has 0 bridgehead atoms. The lowest BCUT2D eigenvalue weighted by Crippen LogP contribution is -2.39. The third-order valence-electron chi connectivity index (χ3n) is 3.64. The second-order valence-electron chi connectivity index (χ2n) is 5.09. The highest BCUT2D eigenvalue weighted by molar-refractivity contribution is 9.10. The molecule has 6 heteroatoms. The van der Waals surface area contributed by atoms with Crippen LogP contribution < -0.4 is 10.2 Å². The van der Waals surface area contributed by atoms with E-state index in [1.165, 1.54) is 0 Å². The molecule has 1 aliphatic rings. The molecule has 1 saturated heterocycles. The van der Waals surface area contributed by atoms with Gasteiger partial charge >= 0.3 is 0 Å². The van der Waals surface area contributed by atoms with E-state index in [0.717, 1.165) is 41.9 Å². The van der Waals surface area contributed by atoms with Gasteiger partial charge in [0.05, 0.1) is 16.4 Å². The number of hydrogen-bond donors (Lipinski definition) is 1. The molecule has 3 heterocycles. The fraction of sp³-hybridized carbons (Fsp3) is 0.333. The normalized spacial score (nSPS) is 16.0. The minimum absolute atomic E-state index is 0.458. The standard InChI is InChI=1S/C15H16BrClN4/c16-13-9-12(10-19-15(13)17)20-11-4-7-21(8-5-11)14-3-1-2-6-18-14/h1-3,6,9-11,20H,4-5,7-8H2. The van der Waals surface area contributed by atoms with Crippen LogP contribution in [0, 0.1) is 0 Å². The van der Waals surface area contributed by atoms with Gasteiger partial charge in [-0.1, -0.05) is 17.7 Å². The van der Waals surface area contributed by atoms with Crippen molar-refractivity contribution in [3.8, 4) is 0 Å². The Labute approximate surface area is 137 Å². The Balaban J connectivity index is 1.57. The first-order chi connectivity index (χ1) is 10.2. The Morgan fingerprint density at radius 2 is 2.05 bits per heavy atom. The molecule has 0 amide bonds. The lowest BCUT2D eigenvalue weighted by Gasteiger charge is -2.33. The van der Waals surface area contributed by atoms with Gasteiger partial charge in [-0.15, -0.1) is 0 Å². The molecule has 4 nitrogen and oxygen atoms in total. The van der Waals surface area contributed by atoms with Gasteiger partial charge in [0.25, 0.3) is 0 Å². The van der Waals surface area contributed by atoms with E-state index in [9.17, 15) is 0 Å². The fourth-order valence-electron chi connectivity index (χ4n) is 2.53. The summed E-state index contributed by atoms with van der Waals surface area (Å²) in [5.41, 5.74) is 1.00. The number of piperidine rings is 1. The van der Waals surface area contributed by atoms with Crippen LogP contribution in [0.15, 0.2) is 41.1 Å². The summed E-state index contributed by atoms with van der Waals surface area (Å²) in [5, 5.41) is 4.01. The third kappa shape index (κ3) is 3.66. The molecular formula is C15H16BrClN4. The molecule has 1 fully saturated rings. The molecule has 21 heavy (non-hydrogen) atoms. The molecule has 0 radical (unpaired) electrons. The van der Waals surface area contributed by atoms with Gasteiger partial charge in [-0.25, -0.2) is 9.97 Å². The van der Waals surface area contributed by atoms with E-state index in [0.29, 0.717) is 11.2 Å². The van der Waals surface area contributed by atoms with Crippen LogP contribution in [0.5, 0.6) is 0 Å². The van der Waals surface area contributed by atoms with E-state index >= 15 is 0 Å². The Kier molecular flexibility index (Phi) is 4.60. The van der Waals surface area contributed by atoms with Crippen molar-refractivity contribution in [3.05, 3.63) is 46.3 Å². The van der Waals surface area contributed by atoms with Crippen LogP contribution in [0.4, 0.5) is 11.5 Å². The maximum atomic E-state index is 5.91. The van der Waals surface area contributed by atoms with Gasteiger partial charge in [0.2, 0.25) is 0 Å². The number of nitrogens with zero attached hydrogens (tertiary/aromatic N) is 3. The lowest BCUT2D eigenvalue weighted by atomic mass is 10.0. The molecule has 0 atom stereocenters. The Bertz CT molecular complexity index is 600. The monoisotopic (exact) mass is 366 g/mol. The van der Waals surface area contributed by atoms with Gasteiger partial charge in [0.15, 0.2) is 0 Å². The van der Waals surface area contributed by atoms with Gasteiger partial charge in [-0.05, 0) is 47.0 Å². The maximum absolute atomic E-state index is 5.91. The van der Waals surface area contributed by atoms with E-state index in [1.54, 1.807) is 6.20 Å². The summed E-state index contributed by atoms with van der Waals surface area (Å²) < 4.78 is 0.820. The van der Waals surface area contributed by atoms with Gasteiger partial charge in [-0.3, -0.25) is 0 Å². The van der Waals surface area contributed by atoms with Gasteiger partial charge < -0.3 is 10.2 Å². The Hall–Kier alpha value is -1.33. The summed E-state index contributed by atoms with van der Waals surface area (Å²) in [5.74, 6) is 1.06. The summed E-state index contributed by atoms with van der Waals surface area (Å²) in [4.78, 5) is 10.9. The van der Waals surface area contributed by atoms with E-state index < -0.39 is 0 Å². The summed E-state index contributed by atoms with van der Waals surface area (Å²) >= 11 is 9.31. The molecule has 0 spiro atoms. The predicted octanol–water partition coefficient (Wildman–Crippen LogP) is 3.97. The molecule has 0 aliphatic carbocycles. The highest BCUT2D eigenvalue weighted by Gasteiger charge is 2.20. The zero-order chi connectivity index (χ0) is 14.7. The number of nitrogens with one attached hydrogen (secondary N) is 1. The largest absolute Gasteiger partial charge is 0.381 e. The van der Waals surface area contributed by atoms with Crippen molar-refractivity contribution in [3.63, 3.8) is 0 Å². The summed E-state index contributed by atoms with van der Waals surface area (Å²) in [6.07, 6.45) is 5.78. The van der Waals surface area contributed by atoms with E-state index in [4.69, 9.17) is 11.6 Å². The summed E-state index contributed by atoms with van der Waals surface area (Å²) in [6, 6.07) is 8.47. The molecule has 3 rings (SSSR count). The van der Waals surface area contributed by atoms with Crippen molar-refractivity contribution in [1.82, 2.24) is 9.97 Å². The molecule has 2 aromatic rings. The predicted molar refractivity (Wildman–Crippen MR) is 90.0 cm³/mol. The van der Waals surface area contributed by atoms with E-state index in [1.807, 2.05) is 24.4 Å². The van der Waals surface area contributed by atoms with Crippen LogP contribution in [0.1, 0.15) is 12.8 Å². The molecule has 0 saturated carbocycles. The third-order valence-corrected chi connectivity index (χ3v) is 4.77. The van der Waals surface area contributed by atoms with E-state index in [-0.39, 0.29) is 0 Å². The van der Waals surface area contributed by atoms with Crippen LogP contribution in [0.2, 0.25) is 5.15 Å². The number of anilines is 2. The van der Waals surface area contributed by atoms with Crippen molar-refractivity contribution in [2.45, 2.75) is 18.9 Å². The quantitative estimate of drug-likeness (QED) is 0.833. The van der Waals surface area contributed by atoms with Gasteiger partial charge in [0.1, 0.15) is 11.0 Å². The molecule has 0 aromatic carbocycles. The zero-order valence-corrected chi connectivity index (χ0v) is 13.8. The fourth-order valence-corrected chi connectivity index (χ4v) is 2.98. The number of hydrogen-bond acceptors (Lipinski definition) is 4. The van der Waals surface area contributed by atoms with Crippen LogP contribution >= 0.6 is 27.5 Å². The SMILES string of the molecule is Clc1ncc(NC2CCN(c3ccccn3)CC2)cc1Br. The summed E-state index contributed by atoms with van der Waals surface area (Å²) in [7, 11) is 0. The smallest absolute Gasteiger partial charge is 0.143 e. The molecular weight excluding hydrogens is 352 g/mol. The number of aromatic nitrogens is 2. The molecule has 0 unspecified atom stereocenters. The Morgan fingerprint density at radius 1 is 1.24 bits per heavy atom. The van der Waals surface area contributed by atoms with Crippen LogP contribution in [-0.4, -0.2) is 29.1 Å². The average molecular weight is 368 g/mol. The van der Waals surface area contributed by atoms with Crippen molar-refractivity contribution >= 4 is 39.0 Å². The first kappa shape index (κ1) is 14.6. The average Bonchev–Trinajstić information content (AvgIpc) is 2.53. The first-order valence-electron chi connectivity index (χ1n) is 6.96. The van der Waals surface area contributed by atoms with Gasteiger partial charge in [-0.2, -0.15) is 0 Å². The second-order valence-corrected chi connectivity index (χ2v) is 6.30. The van der Waals surface area contributed by atoms with Crippen molar-refractivity contribution in [1.29, 1.82) is 0 Å². The maximum Gasteiger partial charge on any atom is 0.143 e. The zero-order valence-electron chi connectivity index (χ0n) is 11.5. The molecule has 110 valence electrons. The van der Waals surface area contributed by atoms with E-state index in [2.05, 4.69) is 42.2 Å². The topological polar surface area (TPSA) is 41.1 Å². The number of halogens is 2. The number of pyridine rings is 2. The van der Waals surface area contributed by atoms with Crippen molar-refractivity contribution < 1.29 is 0 Å². The van der Waals surface area contributed by atoms with Crippen LogP contribution in [0.25, 0.3) is 0 Å². The van der Waals surface area contributed by atoms with Crippen LogP contribution in [-0.2, 0) is 0 Å². The molecule has 2 aromatic heterocycles. The number of rotatable bonds is 3. The summed E-state index contributed by atoms with van der Waals surface area (Å²) in [6.45, 7) is 2.02.